The Morgan fingerprint density at radius 1 is 1.40 bits per heavy atom. The van der Waals surface area contributed by atoms with Crippen LogP contribution in [-0.4, -0.2) is 41.8 Å². The maximum Gasteiger partial charge on any atom is 0.129 e. The van der Waals surface area contributed by atoms with Crippen LogP contribution in [0.2, 0.25) is 0 Å². The average molecular weight is 281 g/mol. The minimum absolute atomic E-state index is 0.0377. The minimum Gasteiger partial charge on any atom is -0.388 e. The van der Waals surface area contributed by atoms with Gasteiger partial charge in [-0.05, 0) is 25.8 Å². The van der Waals surface area contributed by atoms with E-state index in [2.05, 4.69) is 18.7 Å². The van der Waals surface area contributed by atoms with E-state index in [-0.39, 0.29) is 17.3 Å². The Kier molecular flexibility index (Phi) is 4.78. The van der Waals surface area contributed by atoms with Crippen molar-refractivity contribution in [3.8, 4) is 0 Å². The van der Waals surface area contributed by atoms with Crippen LogP contribution in [-0.2, 0) is 4.74 Å². The highest BCUT2D eigenvalue weighted by molar-refractivity contribution is 5.20. The molecule has 0 spiro atoms. The van der Waals surface area contributed by atoms with Crippen molar-refractivity contribution >= 4 is 0 Å². The molecular formula is C16H24FNO2. The summed E-state index contributed by atoms with van der Waals surface area (Å²) >= 11 is 0. The van der Waals surface area contributed by atoms with Gasteiger partial charge in [-0.2, -0.15) is 0 Å². The van der Waals surface area contributed by atoms with Gasteiger partial charge in [0.15, 0.2) is 0 Å². The van der Waals surface area contributed by atoms with Crippen LogP contribution in [0.1, 0.15) is 32.4 Å². The minimum atomic E-state index is -0.783. The summed E-state index contributed by atoms with van der Waals surface area (Å²) in [5.41, 5.74) is 0.340. The Labute approximate surface area is 120 Å². The molecule has 1 fully saturated rings. The molecule has 1 aliphatic rings. The number of halogens is 1. The van der Waals surface area contributed by atoms with Gasteiger partial charge in [-0.25, -0.2) is 4.39 Å². The summed E-state index contributed by atoms with van der Waals surface area (Å²) in [7, 11) is 0. The molecule has 4 heteroatoms. The Hall–Kier alpha value is -0.970. The molecule has 1 saturated heterocycles. The third kappa shape index (κ3) is 3.37. The van der Waals surface area contributed by atoms with Gasteiger partial charge in [-0.3, -0.25) is 4.90 Å². The Morgan fingerprint density at radius 2 is 2.10 bits per heavy atom. The molecule has 0 radical (unpaired) electrons. The van der Waals surface area contributed by atoms with E-state index in [1.165, 1.54) is 6.07 Å². The molecule has 0 amide bonds. The molecule has 20 heavy (non-hydrogen) atoms. The van der Waals surface area contributed by atoms with Gasteiger partial charge >= 0.3 is 0 Å². The second kappa shape index (κ2) is 6.20. The Balaban J connectivity index is 2.04. The number of nitrogens with zero attached hydrogens (tertiary/aromatic N) is 1. The fourth-order valence-electron chi connectivity index (χ4n) is 2.70. The lowest BCUT2D eigenvalue weighted by Gasteiger charge is -2.43. The smallest absolute Gasteiger partial charge is 0.129 e. The number of hydrogen-bond acceptors (Lipinski definition) is 3. The van der Waals surface area contributed by atoms with Crippen LogP contribution in [0.5, 0.6) is 0 Å². The molecule has 1 aromatic carbocycles. The van der Waals surface area contributed by atoms with E-state index in [9.17, 15) is 9.50 Å². The SMILES string of the molecule is CC(CN1CCOCC1(C)C)C(O)c1ccccc1F. The van der Waals surface area contributed by atoms with Crippen molar-refractivity contribution in [2.24, 2.45) is 5.92 Å². The standard InChI is InChI=1S/C16H24FNO2/c1-12(10-18-8-9-20-11-16(18,2)3)15(19)13-6-4-5-7-14(13)17/h4-7,12,15,19H,8-11H2,1-3H3. The lowest BCUT2D eigenvalue weighted by Crippen LogP contribution is -2.54. The zero-order valence-corrected chi connectivity index (χ0v) is 12.5. The van der Waals surface area contributed by atoms with Gasteiger partial charge in [0.2, 0.25) is 0 Å². The summed E-state index contributed by atoms with van der Waals surface area (Å²) < 4.78 is 19.2. The molecule has 1 aliphatic heterocycles. The first-order valence-electron chi connectivity index (χ1n) is 7.17. The van der Waals surface area contributed by atoms with Gasteiger partial charge in [0, 0.05) is 24.2 Å². The first kappa shape index (κ1) is 15.4. The quantitative estimate of drug-likeness (QED) is 0.921. The lowest BCUT2D eigenvalue weighted by molar-refractivity contribution is -0.0645. The van der Waals surface area contributed by atoms with Crippen LogP contribution < -0.4 is 0 Å². The van der Waals surface area contributed by atoms with E-state index >= 15 is 0 Å². The van der Waals surface area contributed by atoms with Crippen LogP contribution in [0.25, 0.3) is 0 Å². The molecule has 112 valence electrons. The summed E-state index contributed by atoms with van der Waals surface area (Å²) in [4.78, 5) is 2.31. The van der Waals surface area contributed by atoms with E-state index in [0.29, 0.717) is 18.8 Å². The zero-order valence-electron chi connectivity index (χ0n) is 12.5. The number of aliphatic hydroxyl groups is 1. The molecule has 2 rings (SSSR count). The number of rotatable bonds is 4. The van der Waals surface area contributed by atoms with Gasteiger partial charge < -0.3 is 9.84 Å². The van der Waals surface area contributed by atoms with Crippen molar-refractivity contribution in [3.05, 3.63) is 35.6 Å². The predicted molar refractivity (Wildman–Crippen MR) is 77.0 cm³/mol. The van der Waals surface area contributed by atoms with Crippen LogP contribution in [0, 0.1) is 11.7 Å². The van der Waals surface area contributed by atoms with Crippen LogP contribution in [0.4, 0.5) is 4.39 Å². The molecule has 1 N–H and O–H groups in total. The monoisotopic (exact) mass is 281 g/mol. The summed E-state index contributed by atoms with van der Waals surface area (Å²) in [5, 5.41) is 10.4. The second-order valence-electron chi connectivity index (χ2n) is 6.25. The molecule has 0 aromatic heterocycles. The summed E-state index contributed by atoms with van der Waals surface area (Å²) in [6.07, 6.45) is -0.783. The van der Waals surface area contributed by atoms with Crippen molar-refractivity contribution < 1.29 is 14.2 Å². The average Bonchev–Trinajstić information content (AvgIpc) is 2.41. The first-order chi connectivity index (χ1) is 9.42. The van der Waals surface area contributed by atoms with Gasteiger partial charge in [0.25, 0.3) is 0 Å². The van der Waals surface area contributed by atoms with Crippen LogP contribution in [0.15, 0.2) is 24.3 Å². The van der Waals surface area contributed by atoms with Crippen LogP contribution in [0.3, 0.4) is 0 Å². The molecule has 2 unspecified atom stereocenters. The Bertz CT molecular complexity index is 450. The van der Waals surface area contributed by atoms with Crippen molar-refractivity contribution in [2.45, 2.75) is 32.4 Å². The highest BCUT2D eigenvalue weighted by Gasteiger charge is 2.33. The Morgan fingerprint density at radius 3 is 2.75 bits per heavy atom. The number of aliphatic hydroxyl groups excluding tert-OH is 1. The third-order valence-corrected chi connectivity index (χ3v) is 4.09. The molecule has 0 bridgehead atoms. The van der Waals surface area contributed by atoms with E-state index in [4.69, 9.17) is 4.74 Å². The first-order valence-corrected chi connectivity index (χ1v) is 7.17. The van der Waals surface area contributed by atoms with Gasteiger partial charge in [0.05, 0.1) is 19.3 Å². The van der Waals surface area contributed by atoms with E-state index in [1.807, 2.05) is 6.92 Å². The van der Waals surface area contributed by atoms with Crippen LogP contribution >= 0.6 is 0 Å². The van der Waals surface area contributed by atoms with Crippen molar-refractivity contribution in [1.82, 2.24) is 4.90 Å². The van der Waals surface area contributed by atoms with Gasteiger partial charge in [-0.15, -0.1) is 0 Å². The number of morpholine rings is 1. The third-order valence-electron chi connectivity index (χ3n) is 4.09. The van der Waals surface area contributed by atoms with E-state index < -0.39 is 6.10 Å². The topological polar surface area (TPSA) is 32.7 Å². The van der Waals surface area contributed by atoms with Gasteiger partial charge in [0.1, 0.15) is 5.82 Å². The normalized spacial score (nSPS) is 22.4. The molecule has 2 atom stereocenters. The van der Waals surface area contributed by atoms with Crippen molar-refractivity contribution in [3.63, 3.8) is 0 Å². The summed E-state index contributed by atoms with van der Waals surface area (Å²) in [5.74, 6) is -0.377. The molecular weight excluding hydrogens is 257 g/mol. The second-order valence-corrected chi connectivity index (χ2v) is 6.25. The zero-order chi connectivity index (χ0) is 14.8. The van der Waals surface area contributed by atoms with Gasteiger partial charge in [-0.1, -0.05) is 25.1 Å². The predicted octanol–water partition coefficient (Wildman–Crippen LogP) is 2.61. The lowest BCUT2D eigenvalue weighted by atomic mass is 9.93. The molecule has 0 aliphatic carbocycles. The van der Waals surface area contributed by atoms with Crippen molar-refractivity contribution in [2.75, 3.05) is 26.3 Å². The summed E-state index contributed by atoms with van der Waals surface area (Å²) in [6.45, 7) is 9.21. The largest absolute Gasteiger partial charge is 0.388 e. The molecule has 3 nitrogen and oxygen atoms in total. The van der Waals surface area contributed by atoms with E-state index in [0.717, 1.165) is 13.1 Å². The van der Waals surface area contributed by atoms with Crippen molar-refractivity contribution in [1.29, 1.82) is 0 Å². The highest BCUT2D eigenvalue weighted by Crippen LogP contribution is 2.28. The molecule has 1 heterocycles. The highest BCUT2D eigenvalue weighted by atomic mass is 19.1. The van der Waals surface area contributed by atoms with E-state index in [1.54, 1.807) is 18.2 Å². The summed E-state index contributed by atoms with van der Waals surface area (Å²) in [6, 6.07) is 6.44. The molecule has 0 saturated carbocycles. The fraction of sp³-hybridized carbons (Fsp3) is 0.625. The number of benzene rings is 1. The number of ether oxygens (including phenoxy) is 1. The maximum atomic E-state index is 13.7. The number of hydrogen-bond donors (Lipinski definition) is 1. The fourth-order valence-corrected chi connectivity index (χ4v) is 2.70. The maximum absolute atomic E-state index is 13.7. The molecule has 1 aromatic rings.